The van der Waals surface area contributed by atoms with Crippen molar-refractivity contribution in [1.82, 2.24) is 10.2 Å². The Morgan fingerprint density at radius 2 is 2.15 bits per heavy atom. The Labute approximate surface area is 116 Å². The lowest BCUT2D eigenvalue weighted by atomic mass is 10.00. The monoisotopic (exact) mass is 294 g/mol. The number of carboxylic acid groups (broad SMARTS) is 1. The van der Waals surface area contributed by atoms with Gasteiger partial charge in [-0.25, -0.2) is 13.6 Å². The molecule has 0 aromatic heterocycles. The van der Waals surface area contributed by atoms with Gasteiger partial charge < -0.3 is 20.1 Å². The van der Waals surface area contributed by atoms with Gasteiger partial charge in [-0.1, -0.05) is 0 Å². The van der Waals surface area contributed by atoms with Crippen LogP contribution in [0.5, 0.6) is 0 Å². The molecule has 2 amide bonds. The van der Waals surface area contributed by atoms with Crippen LogP contribution in [0, 0.1) is 0 Å². The summed E-state index contributed by atoms with van der Waals surface area (Å²) >= 11 is 0. The highest BCUT2D eigenvalue weighted by atomic mass is 19.3. The van der Waals surface area contributed by atoms with Crippen molar-refractivity contribution >= 4 is 12.0 Å². The SMILES string of the molecule is O=C(O)CC1CCCCN1C(=O)NCCOCC(F)F. The lowest BCUT2D eigenvalue weighted by Crippen LogP contribution is -2.50. The number of alkyl halides is 2. The van der Waals surface area contributed by atoms with E-state index < -0.39 is 19.0 Å². The number of amides is 2. The van der Waals surface area contributed by atoms with Gasteiger partial charge in [0.2, 0.25) is 0 Å². The normalized spacial score (nSPS) is 19.1. The van der Waals surface area contributed by atoms with Gasteiger partial charge in [0.05, 0.1) is 13.0 Å². The number of carbonyl (C=O) groups excluding carboxylic acids is 1. The number of nitrogens with one attached hydrogen (secondary N) is 1. The maximum Gasteiger partial charge on any atom is 0.317 e. The molecule has 1 saturated heterocycles. The van der Waals surface area contributed by atoms with Crippen molar-refractivity contribution in [3.05, 3.63) is 0 Å². The number of likely N-dealkylation sites (tertiary alicyclic amines) is 1. The lowest BCUT2D eigenvalue weighted by Gasteiger charge is -2.34. The van der Waals surface area contributed by atoms with Gasteiger partial charge in [-0.15, -0.1) is 0 Å². The molecule has 8 heteroatoms. The molecule has 0 aromatic rings. The van der Waals surface area contributed by atoms with Gasteiger partial charge in [-0.05, 0) is 19.3 Å². The number of hydrogen-bond acceptors (Lipinski definition) is 3. The molecule has 0 saturated carbocycles. The summed E-state index contributed by atoms with van der Waals surface area (Å²) < 4.78 is 28.3. The Hall–Kier alpha value is -1.44. The number of nitrogens with zero attached hydrogens (tertiary/aromatic N) is 1. The second-order valence-corrected chi connectivity index (χ2v) is 4.64. The Morgan fingerprint density at radius 3 is 2.80 bits per heavy atom. The third-order valence-electron chi connectivity index (χ3n) is 3.06. The topological polar surface area (TPSA) is 78.9 Å². The van der Waals surface area contributed by atoms with Crippen LogP contribution in [-0.4, -0.2) is 60.8 Å². The van der Waals surface area contributed by atoms with E-state index in [0.717, 1.165) is 12.8 Å². The first kappa shape index (κ1) is 16.6. The van der Waals surface area contributed by atoms with E-state index in [9.17, 15) is 18.4 Å². The van der Waals surface area contributed by atoms with Crippen molar-refractivity contribution in [3.63, 3.8) is 0 Å². The summed E-state index contributed by atoms with van der Waals surface area (Å²) in [6.07, 6.45) is -0.186. The molecule has 0 aromatic carbocycles. The molecule has 1 heterocycles. The number of aliphatic carboxylic acids is 1. The number of piperidine rings is 1. The third-order valence-corrected chi connectivity index (χ3v) is 3.06. The first-order valence-corrected chi connectivity index (χ1v) is 6.63. The van der Waals surface area contributed by atoms with Crippen LogP contribution in [0.4, 0.5) is 13.6 Å². The van der Waals surface area contributed by atoms with E-state index in [2.05, 4.69) is 10.1 Å². The van der Waals surface area contributed by atoms with Gasteiger partial charge in [0.15, 0.2) is 0 Å². The van der Waals surface area contributed by atoms with Crippen molar-refractivity contribution in [2.75, 3.05) is 26.3 Å². The highest BCUT2D eigenvalue weighted by Gasteiger charge is 2.28. The molecule has 1 unspecified atom stereocenters. The summed E-state index contributed by atoms with van der Waals surface area (Å²) in [5.41, 5.74) is 0. The smallest absolute Gasteiger partial charge is 0.317 e. The Bertz CT molecular complexity index is 329. The van der Waals surface area contributed by atoms with Gasteiger partial charge in [-0.3, -0.25) is 4.79 Å². The Morgan fingerprint density at radius 1 is 1.40 bits per heavy atom. The van der Waals surface area contributed by atoms with Crippen LogP contribution in [0.2, 0.25) is 0 Å². The molecular formula is C12H20F2N2O4. The van der Waals surface area contributed by atoms with E-state index in [1.54, 1.807) is 0 Å². The fraction of sp³-hybridized carbons (Fsp3) is 0.833. The molecule has 1 aliphatic rings. The van der Waals surface area contributed by atoms with Gasteiger partial charge in [0, 0.05) is 19.1 Å². The highest BCUT2D eigenvalue weighted by molar-refractivity contribution is 5.76. The average molecular weight is 294 g/mol. The summed E-state index contributed by atoms with van der Waals surface area (Å²) in [4.78, 5) is 24.2. The summed E-state index contributed by atoms with van der Waals surface area (Å²) in [6, 6.07) is -0.667. The quantitative estimate of drug-likeness (QED) is 0.694. The van der Waals surface area contributed by atoms with Gasteiger partial charge >= 0.3 is 12.0 Å². The third kappa shape index (κ3) is 6.14. The van der Waals surface area contributed by atoms with Crippen LogP contribution in [0.25, 0.3) is 0 Å². The minimum atomic E-state index is -2.52. The highest BCUT2D eigenvalue weighted by Crippen LogP contribution is 2.19. The fourth-order valence-electron chi connectivity index (χ4n) is 2.19. The minimum Gasteiger partial charge on any atom is -0.481 e. The Balaban J connectivity index is 2.30. The first-order valence-electron chi connectivity index (χ1n) is 6.63. The zero-order valence-corrected chi connectivity index (χ0v) is 11.2. The molecule has 0 bridgehead atoms. The number of carboxylic acids is 1. The van der Waals surface area contributed by atoms with E-state index in [4.69, 9.17) is 5.11 Å². The number of carbonyl (C=O) groups is 2. The lowest BCUT2D eigenvalue weighted by molar-refractivity contribution is -0.138. The average Bonchev–Trinajstić information content (AvgIpc) is 2.37. The predicted molar refractivity (Wildman–Crippen MR) is 66.8 cm³/mol. The largest absolute Gasteiger partial charge is 0.481 e. The van der Waals surface area contributed by atoms with E-state index >= 15 is 0 Å². The molecule has 116 valence electrons. The summed E-state index contributed by atoms with van der Waals surface area (Å²) in [6.45, 7) is -0.00173. The molecule has 1 rings (SSSR count). The summed E-state index contributed by atoms with van der Waals surface area (Å²) in [7, 11) is 0. The Kier molecular flexibility index (Phi) is 7.21. The van der Waals surface area contributed by atoms with Crippen molar-refractivity contribution in [2.24, 2.45) is 0 Å². The van der Waals surface area contributed by atoms with Crippen molar-refractivity contribution < 1.29 is 28.2 Å². The molecule has 20 heavy (non-hydrogen) atoms. The van der Waals surface area contributed by atoms with Crippen LogP contribution in [0.1, 0.15) is 25.7 Å². The van der Waals surface area contributed by atoms with Gasteiger partial charge in [0.1, 0.15) is 6.61 Å². The van der Waals surface area contributed by atoms with Crippen LogP contribution < -0.4 is 5.32 Å². The van der Waals surface area contributed by atoms with Crippen molar-refractivity contribution in [1.29, 1.82) is 0 Å². The van der Waals surface area contributed by atoms with Crippen LogP contribution in [0.3, 0.4) is 0 Å². The second kappa shape index (κ2) is 8.68. The molecule has 0 radical (unpaired) electrons. The molecular weight excluding hydrogens is 274 g/mol. The molecule has 0 spiro atoms. The maximum atomic E-state index is 11.9. The molecule has 0 aliphatic carbocycles. The first-order chi connectivity index (χ1) is 9.50. The zero-order valence-electron chi connectivity index (χ0n) is 11.2. The van der Waals surface area contributed by atoms with E-state index in [1.807, 2.05) is 0 Å². The van der Waals surface area contributed by atoms with Crippen molar-refractivity contribution in [3.8, 4) is 0 Å². The number of urea groups is 1. The molecule has 6 nitrogen and oxygen atoms in total. The van der Waals surface area contributed by atoms with Crippen LogP contribution in [0.15, 0.2) is 0 Å². The fourth-order valence-corrected chi connectivity index (χ4v) is 2.19. The number of rotatable bonds is 7. The predicted octanol–water partition coefficient (Wildman–Crippen LogP) is 1.31. The number of hydrogen-bond donors (Lipinski definition) is 2. The van der Waals surface area contributed by atoms with Crippen LogP contribution in [-0.2, 0) is 9.53 Å². The number of ether oxygens (including phenoxy) is 1. The minimum absolute atomic E-state index is 0.00746. The zero-order chi connectivity index (χ0) is 15.0. The molecule has 2 N–H and O–H groups in total. The van der Waals surface area contributed by atoms with Crippen LogP contribution >= 0.6 is 0 Å². The summed E-state index contributed by atoms with van der Waals surface area (Å²) in [5.74, 6) is -0.935. The standard InChI is InChI=1S/C12H20F2N2O4/c13-10(14)8-20-6-4-15-12(19)16-5-2-1-3-9(16)7-11(17)18/h9-10H,1-8H2,(H,15,19)(H,17,18). The van der Waals surface area contributed by atoms with Gasteiger partial charge in [0.25, 0.3) is 6.43 Å². The molecule has 1 atom stereocenters. The number of halogens is 2. The van der Waals surface area contributed by atoms with E-state index in [1.165, 1.54) is 4.90 Å². The van der Waals surface area contributed by atoms with E-state index in [-0.39, 0.29) is 31.6 Å². The van der Waals surface area contributed by atoms with E-state index in [0.29, 0.717) is 13.0 Å². The van der Waals surface area contributed by atoms with Gasteiger partial charge in [-0.2, -0.15) is 0 Å². The second-order valence-electron chi connectivity index (χ2n) is 4.64. The molecule has 1 fully saturated rings. The van der Waals surface area contributed by atoms with Crippen molar-refractivity contribution in [2.45, 2.75) is 38.2 Å². The molecule has 1 aliphatic heterocycles. The summed E-state index contributed by atoms with van der Waals surface area (Å²) in [5, 5.41) is 11.4. The maximum absolute atomic E-state index is 11.9.